The van der Waals surface area contributed by atoms with Gasteiger partial charge in [-0.05, 0) is 11.4 Å². The van der Waals surface area contributed by atoms with Crippen LogP contribution in [-0.2, 0) is 5.41 Å². The fourth-order valence-corrected chi connectivity index (χ4v) is 2.61. The molecular formula is C12H15N5O2S. The Morgan fingerprint density at radius 3 is 2.85 bits per heavy atom. The van der Waals surface area contributed by atoms with E-state index >= 15 is 0 Å². The number of nitro groups is 1. The van der Waals surface area contributed by atoms with E-state index in [0.29, 0.717) is 6.54 Å². The number of thiophene rings is 1. The third kappa shape index (κ3) is 2.85. The summed E-state index contributed by atoms with van der Waals surface area (Å²) in [5.41, 5.74) is 5.08. The molecule has 2 aromatic heterocycles. The van der Waals surface area contributed by atoms with Crippen molar-refractivity contribution in [3.05, 3.63) is 38.8 Å². The number of nitrogen functional groups attached to an aromatic ring is 1. The molecule has 0 atom stereocenters. The molecular weight excluding hydrogens is 278 g/mol. The highest BCUT2D eigenvalue weighted by atomic mass is 32.1. The first kappa shape index (κ1) is 14.2. The normalized spacial score (nSPS) is 11.3. The highest BCUT2D eigenvalue weighted by molar-refractivity contribution is 7.10. The summed E-state index contributed by atoms with van der Waals surface area (Å²) in [6.45, 7) is 4.62. The third-order valence-corrected chi connectivity index (χ3v) is 4.15. The van der Waals surface area contributed by atoms with E-state index in [1.54, 1.807) is 11.3 Å². The smallest absolute Gasteiger partial charge is 0.352 e. The van der Waals surface area contributed by atoms with Crippen LogP contribution in [-0.4, -0.2) is 21.4 Å². The molecule has 0 aliphatic rings. The van der Waals surface area contributed by atoms with Crippen LogP contribution in [0.1, 0.15) is 18.7 Å². The molecule has 0 aliphatic heterocycles. The molecule has 0 aliphatic carbocycles. The van der Waals surface area contributed by atoms with Crippen LogP contribution in [0.2, 0.25) is 0 Å². The number of hydrogen-bond acceptors (Lipinski definition) is 7. The number of hydrogen-bond donors (Lipinski definition) is 2. The lowest BCUT2D eigenvalue weighted by Gasteiger charge is -2.23. The first-order chi connectivity index (χ1) is 9.42. The van der Waals surface area contributed by atoms with Gasteiger partial charge in [0.2, 0.25) is 11.6 Å². The summed E-state index contributed by atoms with van der Waals surface area (Å²) in [4.78, 5) is 19.2. The van der Waals surface area contributed by atoms with Gasteiger partial charge in [-0.3, -0.25) is 10.1 Å². The molecule has 2 rings (SSSR count). The Balaban J connectivity index is 2.20. The van der Waals surface area contributed by atoms with E-state index in [0.717, 1.165) is 0 Å². The Kier molecular flexibility index (Phi) is 3.84. The first-order valence-electron chi connectivity index (χ1n) is 5.94. The van der Waals surface area contributed by atoms with E-state index in [1.165, 1.54) is 11.2 Å². The van der Waals surface area contributed by atoms with Crippen LogP contribution < -0.4 is 11.1 Å². The van der Waals surface area contributed by atoms with Crippen LogP contribution in [0.15, 0.2) is 23.8 Å². The van der Waals surface area contributed by atoms with E-state index in [1.807, 2.05) is 17.5 Å². The number of nitrogens with two attached hydrogens (primary N) is 1. The maximum Gasteiger partial charge on any atom is 0.352 e. The molecule has 20 heavy (non-hydrogen) atoms. The minimum Gasteiger partial charge on any atom is -0.378 e. The van der Waals surface area contributed by atoms with Crippen molar-refractivity contribution >= 4 is 28.7 Å². The van der Waals surface area contributed by atoms with Gasteiger partial charge >= 0.3 is 5.69 Å². The number of rotatable bonds is 5. The molecule has 7 nitrogen and oxygen atoms in total. The average Bonchev–Trinajstić information content (AvgIpc) is 2.90. The molecule has 0 radical (unpaired) electrons. The molecule has 0 saturated heterocycles. The summed E-state index contributed by atoms with van der Waals surface area (Å²) < 4.78 is 0. The third-order valence-electron chi connectivity index (χ3n) is 2.92. The number of anilines is 2. The standard InChI is InChI=1S/C12H15N5O2S/c1-12(2,8-4-3-5-20-8)6-14-11-9(17(18)19)10(13)15-7-16-11/h3-5,7H,6H2,1-2H3,(H3,13,14,15,16). The molecule has 0 bridgehead atoms. The largest absolute Gasteiger partial charge is 0.378 e. The van der Waals surface area contributed by atoms with Gasteiger partial charge in [0.25, 0.3) is 0 Å². The maximum absolute atomic E-state index is 11.0. The second-order valence-corrected chi connectivity index (χ2v) is 5.88. The fraction of sp³-hybridized carbons (Fsp3) is 0.333. The van der Waals surface area contributed by atoms with E-state index < -0.39 is 4.92 Å². The molecule has 106 valence electrons. The van der Waals surface area contributed by atoms with Crippen molar-refractivity contribution in [1.82, 2.24) is 9.97 Å². The van der Waals surface area contributed by atoms with Crippen LogP contribution in [0, 0.1) is 10.1 Å². The Hall–Kier alpha value is -2.22. The van der Waals surface area contributed by atoms with E-state index in [9.17, 15) is 10.1 Å². The SMILES string of the molecule is CC(C)(CNc1ncnc(N)c1[N+](=O)[O-])c1cccs1. The van der Waals surface area contributed by atoms with Crippen molar-refractivity contribution < 1.29 is 4.92 Å². The van der Waals surface area contributed by atoms with Gasteiger partial charge in [-0.2, -0.15) is 0 Å². The highest BCUT2D eigenvalue weighted by Crippen LogP contribution is 2.30. The van der Waals surface area contributed by atoms with Crippen LogP contribution in [0.3, 0.4) is 0 Å². The van der Waals surface area contributed by atoms with Gasteiger partial charge in [0.05, 0.1) is 4.92 Å². The number of aromatic nitrogens is 2. The first-order valence-corrected chi connectivity index (χ1v) is 6.82. The minimum absolute atomic E-state index is 0.138. The topological polar surface area (TPSA) is 107 Å². The van der Waals surface area contributed by atoms with Crippen LogP contribution in [0.5, 0.6) is 0 Å². The fourth-order valence-electron chi connectivity index (χ4n) is 1.76. The monoisotopic (exact) mass is 293 g/mol. The van der Waals surface area contributed by atoms with E-state index in [4.69, 9.17) is 5.73 Å². The van der Waals surface area contributed by atoms with Gasteiger partial charge in [0.1, 0.15) is 6.33 Å². The van der Waals surface area contributed by atoms with Crippen molar-refractivity contribution in [3.63, 3.8) is 0 Å². The summed E-state index contributed by atoms with van der Waals surface area (Å²) >= 11 is 1.65. The zero-order valence-corrected chi connectivity index (χ0v) is 12.0. The Labute approximate surface area is 120 Å². The lowest BCUT2D eigenvalue weighted by molar-refractivity contribution is -0.383. The predicted octanol–water partition coefficient (Wildman–Crippen LogP) is 2.42. The van der Waals surface area contributed by atoms with E-state index in [-0.39, 0.29) is 22.7 Å². The molecule has 8 heteroatoms. The van der Waals surface area contributed by atoms with Crippen molar-refractivity contribution in [3.8, 4) is 0 Å². The molecule has 3 N–H and O–H groups in total. The highest BCUT2D eigenvalue weighted by Gasteiger charge is 2.25. The molecule has 2 heterocycles. The van der Waals surface area contributed by atoms with Gasteiger partial charge < -0.3 is 11.1 Å². The van der Waals surface area contributed by atoms with Crippen molar-refractivity contribution in [2.75, 3.05) is 17.6 Å². The van der Waals surface area contributed by atoms with Crippen LogP contribution >= 0.6 is 11.3 Å². The lowest BCUT2D eigenvalue weighted by atomic mass is 9.91. The molecule has 0 spiro atoms. The summed E-state index contributed by atoms with van der Waals surface area (Å²) in [6.07, 6.45) is 1.21. The van der Waals surface area contributed by atoms with Crippen molar-refractivity contribution in [2.24, 2.45) is 0 Å². The van der Waals surface area contributed by atoms with Crippen LogP contribution in [0.4, 0.5) is 17.3 Å². The maximum atomic E-state index is 11.0. The minimum atomic E-state index is -0.574. The summed E-state index contributed by atoms with van der Waals surface area (Å²) in [5.74, 6) is 0.00793. The quantitative estimate of drug-likeness (QED) is 0.647. The van der Waals surface area contributed by atoms with Crippen molar-refractivity contribution in [1.29, 1.82) is 0 Å². The number of nitrogens with zero attached hydrogens (tertiary/aromatic N) is 3. The summed E-state index contributed by atoms with van der Waals surface area (Å²) in [6, 6.07) is 4.02. The molecule has 0 unspecified atom stereocenters. The molecule has 2 aromatic rings. The zero-order chi connectivity index (χ0) is 14.8. The Morgan fingerprint density at radius 1 is 1.50 bits per heavy atom. The average molecular weight is 293 g/mol. The van der Waals surface area contributed by atoms with Gasteiger partial charge in [-0.25, -0.2) is 9.97 Å². The second-order valence-electron chi connectivity index (χ2n) is 4.93. The second kappa shape index (κ2) is 5.41. The van der Waals surface area contributed by atoms with Gasteiger partial charge in [-0.15, -0.1) is 11.3 Å². The lowest BCUT2D eigenvalue weighted by Crippen LogP contribution is -2.27. The molecule has 0 saturated carbocycles. The number of nitrogens with one attached hydrogen (secondary N) is 1. The molecule has 0 fully saturated rings. The molecule has 0 aromatic carbocycles. The van der Waals surface area contributed by atoms with Gasteiger partial charge in [0.15, 0.2) is 0 Å². The van der Waals surface area contributed by atoms with Crippen LogP contribution in [0.25, 0.3) is 0 Å². The van der Waals surface area contributed by atoms with Crippen molar-refractivity contribution in [2.45, 2.75) is 19.3 Å². The molecule has 0 amide bonds. The predicted molar refractivity (Wildman–Crippen MR) is 78.9 cm³/mol. The Morgan fingerprint density at radius 2 is 2.25 bits per heavy atom. The van der Waals surface area contributed by atoms with Gasteiger partial charge in [-0.1, -0.05) is 19.9 Å². The Bertz CT molecular complexity index is 612. The van der Waals surface area contributed by atoms with E-state index in [2.05, 4.69) is 29.1 Å². The zero-order valence-electron chi connectivity index (χ0n) is 11.2. The summed E-state index contributed by atoms with van der Waals surface area (Å²) in [7, 11) is 0. The van der Waals surface area contributed by atoms with Gasteiger partial charge in [0, 0.05) is 16.8 Å². The summed E-state index contributed by atoms with van der Waals surface area (Å²) in [5, 5.41) is 16.0.